The van der Waals surface area contributed by atoms with E-state index in [2.05, 4.69) is 5.32 Å². The molecular weight excluding hydrogens is 436 g/mol. The summed E-state index contributed by atoms with van der Waals surface area (Å²) in [5, 5.41) is 21.8. The summed E-state index contributed by atoms with van der Waals surface area (Å²) in [4.78, 5) is 37.7. The third-order valence-corrected chi connectivity index (χ3v) is 5.01. The average molecular weight is 457 g/mol. The fraction of sp³-hybridized carbons (Fsp3) is 0.174. The number of carbonyl (C=O) groups excluding carboxylic acids is 1. The summed E-state index contributed by atoms with van der Waals surface area (Å²) in [6.07, 6.45) is -0.363. The summed E-state index contributed by atoms with van der Waals surface area (Å²) < 4.78 is 28.9. The number of nitrogens with one attached hydrogen (secondary N) is 1. The number of carbonyl (C=O) groups is 2. The van der Waals surface area contributed by atoms with Gasteiger partial charge in [-0.25, -0.2) is 13.6 Å². The molecular formula is C23H21F2N3O5. The zero-order valence-electron chi connectivity index (χ0n) is 17.8. The molecule has 0 aliphatic carbocycles. The number of hydrogen-bond donors (Lipinski definition) is 3. The highest BCUT2D eigenvalue weighted by atomic mass is 19.1. The van der Waals surface area contributed by atoms with Gasteiger partial charge in [0.2, 0.25) is 0 Å². The lowest BCUT2D eigenvalue weighted by molar-refractivity contribution is -0.136. The number of amides is 2. The summed E-state index contributed by atoms with van der Waals surface area (Å²) in [6.45, 7) is 1.37. The number of urea groups is 1. The molecule has 0 saturated carbocycles. The van der Waals surface area contributed by atoms with E-state index in [1.165, 1.54) is 48.0 Å². The number of hydrogen-bond acceptors (Lipinski definition) is 4. The van der Waals surface area contributed by atoms with Crippen molar-refractivity contribution in [3.63, 3.8) is 0 Å². The molecule has 0 aliphatic rings. The van der Waals surface area contributed by atoms with E-state index in [-0.39, 0.29) is 35.5 Å². The first-order chi connectivity index (χ1) is 15.6. The Hall–Kier alpha value is -4.21. The van der Waals surface area contributed by atoms with Crippen molar-refractivity contribution < 1.29 is 28.6 Å². The van der Waals surface area contributed by atoms with Gasteiger partial charge in [0, 0.05) is 37.0 Å². The average Bonchev–Trinajstić information content (AvgIpc) is 2.75. The van der Waals surface area contributed by atoms with E-state index in [0.717, 1.165) is 17.0 Å². The smallest absolute Gasteiger partial charge is 0.326 e. The van der Waals surface area contributed by atoms with Crippen molar-refractivity contribution in [1.82, 2.24) is 9.88 Å². The Bertz CT molecular complexity index is 1290. The number of anilines is 2. The zero-order valence-corrected chi connectivity index (χ0v) is 17.8. The maximum Gasteiger partial charge on any atom is 0.326 e. The number of aromatic nitrogens is 1. The minimum Gasteiger partial charge on any atom is -0.505 e. The molecule has 172 valence electrons. The summed E-state index contributed by atoms with van der Waals surface area (Å²) in [7, 11) is 1.46. The molecule has 2 amide bonds. The van der Waals surface area contributed by atoms with Crippen molar-refractivity contribution in [2.75, 3.05) is 11.4 Å². The van der Waals surface area contributed by atoms with Crippen LogP contribution in [-0.2, 0) is 11.8 Å². The number of carboxylic acids is 1. The van der Waals surface area contributed by atoms with E-state index in [4.69, 9.17) is 5.11 Å². The maximum absolute atomic E-state index is 14.3. The first-order valence-corrected chi connectivity index (χ1v) is 9.85. The fourth-order valence-corrected chi connectivity index (χ4v) is 3.24. The first kappa shape index (κ1) is 23.5. The normalized spacial score (nSPS) is 10.7. The number of aliphatic carboxylic acids is 1. The second-order valence-corrected chi connectivity index (χ2v) is 7.27. The van der Waals surface area contributed by atoms with Crippen molar-refractivity contribution in [1.29, 1.82) is 0 Å². The molecule has 0 aliphatic heterocycles. The highest BCUT2D eigenvalue weighted by molar-refractivity contribution is 6.01. The topological polar surface area (TPSA) is 112 Å². The number of benzene rings is 2. The summed E-state index contributed by atoms with van der Waals surface area (Å²) in [6, 6.07) is 9.37. The first-order valence-electron chi connectivity index (χ1n) is 9.85. The van der Waals surface area contributed by atoms with Gasteiger partial charge in [-0.05, 0) is 36.8 Å². The van der Waals surface area contributed by atoms with Gasteiger partial charge >= 0.3 is 12.0 Å². The Morgan fingerprint density at radius 2 is 1.85 bits per heavy atom. The Kier molecular flexibility index (Phi) is 6.76. The van der Waals surface area contributed by atoms with E-state index in [1.807, 2.05) is 0 Å². The highest BCUT2D eigenvalue weighted by Gasteiger charge is 2.26. The molecule has 33 heavy (non-hydrogen) atoms. The predicted molar refractivity (Wildman–Crippen MR) is 118 cm³/mol. The lowest BCUT2D eigenvalue weighted by Gasteiger charge is -2.25. The van der Waals surface area contributed by atoms with Gasteiger partial charge in [-0.15, -0.1) is 0 Å². The number of aryl methyl sites for hydroxylation is 1. The van der Waals surface area contributed by atoms with Crippen LogP contribution in [0.1, 0.15) is 12.1 Å². The number of rotatable bonds is 6. The molecule has 3 N–H and O–H groups in total. The van der Waals surface area contributed by atoms with Crippen LogP contribution in [-0.4, -0.2) is 33.3 Å². The van der Waals surface area contributed by atoms with Gasteiger partial charge in [-0.2, -0.15) is 0 Å². The number of pyridine rings is 1. The second-order valence-electron chi connectivity index (χ2n) is 7.27. The monoisotopic (exact) mass is 457 g/mol. The molecule has 2 aromatic carbocycles. The second kappa shape index (κ2) is 9.51. The van der Waals surface area contributed by atoms with Crippen molar-refractivity contribution in [3.05, 3.63) is 76.2 Å². The Balaban J connectivity index is 2.15. The molecule has 1 heterocycles. The molecule has 0 bridgehead atoms. The van der Waals surface area contributed by atoms with Crippen molar-refractivity contribution in [2.24, 2.45) is 7.05 Å². The summed E-state index contributed by atoms with van der Waals surface area (Å²) in [5.74, 6) is -3.18. The number of nitrogens with zero attached hydrogens (tertiary/aromatic N) is 2. The maximum atomic E-state index is 14.3. The van der Waals surface area contributed by atoms with Gasteiger partial charge in [-0.3, -0.25) is 14.5 Å². The molecule has 3 rings (SSSR count). The summed E-state index contributed by atoms with van der Waals surface area (Å²) >= 11 is 0. The molecule has 0 fully saturated rings. The summed E-state index contributed by atoms with van der Waals surface area (Å²) in [5.41, 5.74) is -0.163. The highest BCUT2D eigenvalue weighted by Crippen LogP contribution is 2.34. The van der Waals surface area contributed by atoms with E-state index < -0.39 is 34.9 Å². The van der Waals surface area contributed by atoms with Gasteiger partial charge in [0.1, 0.15) is 17.4 Å². The van der Waals surface area contributed by atoms with E-state index in [1.54, 1.807) is 6.92 Å². The van der Waals surface area contributed by atoms with Gasteiger partial charge < -0.3 is 20.1 Å². The van der Waals surface area contributed by atoms with Crippen LogP contribution < -0.4 is 15.8 Å². The van der Waals surface area contributed by atoms with Crippen molar-refractivity contribution in [2.45, 2.75) is 13.3 Å². The lowest BCUT2D eigenvalue weighted by atomic mass is 10.0. The van der Waals surface area contributed by atoms with E-state index in [0.29, 0.717) is 5.69 Å². The van der Waals surface area contributed by atoms with Crippen LogP contribution in [0.3, 0.4) is 0 Å². The third kappa shape index (κ3) is 5.00. The standard InChI is InChI=1S/C23H21F2N3O5/c1-13-10-19(29)21(22(32)27(13)2)28(23(33)26-9-8-20(30)31)16-5-3-4-14(11-16)17-7-6-15(24)12-18(17)25/h3-7,10-12,29H,8-9H2,1-2H3,(H,26,33)(H,30,31). The third-order valence-electron chi connectivity index (χ3n) is 5.01. The van der Waals surface area contributed by atoms with E-state index in [9.17, 15) is 28.3 Å². The predicted octanol–water partition coefficient (Wildman–Crippen LogP) is 3.67. The molecule has 1 aromatic heterocycles. The quantitative estimate of drug-likeness (QED) is 0.523. The Labute approximate surface area is 187 Å². The molecule has 10 heteroatoms. The molecule has 0 spiro atoms. The van der Waals surface area contributed by atoms with Crippen LogP contribution in [0.25, 0.3) is 11.1 Å². The lowest BCUT2D eigenvalue weighted by Crippen LogP contribution is -2.41. The minimum atomic E-state index is -1.13. The Morgan fingerprint density at radius 1 is 1.12 bits per heavy atom. The fourth-order valence-electron chi connectivity index (χ4n) is 3.24. The number of carboxylic acid groups (broad SMARTS) is 1. The van der Waals surface area contributed by atoms with Gasteiger partial charge in [0.25, 0.3) is 5.56 Å². The van der Waals surface area contributed by atoms with Gasteiger partial charge in [0.15, 0.2) is 5.69 Å². The van der Waals surface area contributed by atoms with Crippen LogP contribution in [0.5, 0.6) is 5.75 Å². The van der Waals surface area contributed by atoms with Crippen LogP contribution in [0.2, 0.25) is 0 Å². The minimum absolute atomic E-state index is 0.0607. The Morgan fingerprint density at radius 3 is 2.52 bits per heavy atom. The number of aromatic hydroxyl groups is 1. The van der Waals surface area contributed by atoms with Crippen molar-refractivity contribution in [3.8, 4) is 16.9 Å². The molecule has 0 radical (unpaired) electrons. The van der Waals surface area contributed by atoms with Gasteiger partial charge in [0.05, 0.1) is 12.1 Å². The van der Waals surface area contributed by atoms with Crippen LogP contribution in [0.15, 0.2) is 53.3 Å². The van der Waals surface area contributed by atoms with Crippen LogP contribution >= 0.6 is 0 Å². The number of halogens is 2. The van der Waals surface area contributed by atoms with Crippen LogP contribution in [0.4, 0.5) is 25.0 Å². The molecule has 0 atom stereocenters. The van der Waals surface area contributed by atoms with E-state index >= 15 is 0 Å². The van der Waals surface area contributed by atoms with Crippen LogP contribution in [0, 0.1) is 18.6 Å². The molecule has 8 nitrogen and oxygen atoms in total. The van der Waals surface area contributed by atoms with Crippen molar-refractivity contribution >= 4 is 23.4 Å². The SMILES string of the molecule is Cc1cc(O)c(N(C(=O)NCCC(=O)O)c2cccc(-c3ccc(F)cc3F)c2)c(=O)n1C. The largest absolute Gasteiger partial charge is 0.505 e. The molecule has 0 saturated heterocycles. The zero-order chi connectivity index (χ0) is 24.3. The van der Waals surface area contributed by atoms with Gasteiger partial charge in [-0.1, -0.05) is 12.1 Å². The molecule has 3 aromatic rings. The molecule has 0 unspecified atom stereocenters.